The number of hydrogen-bond donors (Lipinski definition) is 0. The van der Waals surface area contributed by atoms with Crippen molar-refractivity contribution in [3.63, 3.8) is 0 Å². The van der Waals surface area contributed by atoms with Gasteiger partial charge in [0.05, 0.1) is 13.2 Å². The highest BCUT2D eigenvalue weighted by molar-refractivity contribution is 4.74. The quantitative estimate of drug-likeness (QED) is 0.574. The van der Waals surface area contributed by atoms with Crippen molar-refractivity contribution in [2.24, 2.45) is 0 Å². The van der Waals surface area contributed by atoms with E-state index >= 15 is 0 Å². The van der Waals surface area contributed by atoms with Gasteiger partial charge >= 0.3 is 0 Å². The molecule has 1 rings (SSSR count). The van der Waals surface area contributed by atoms with Crippen molar-refractivity contribution in [3.8, 4) is 0 Å². The first kappa shape index (κ1) is 8.87. The molecule has 0 saturated carbocycles. The van der Waals surface area contributed by atoms with Crippen molar-refractivity contribution in [2.45, 2.75) is 12.8 Å². The summed E-state index contributed by atoms with van der Waals surface area (Å²) in [6, 6.07) is 0. The molecule has 0 radical (unpaired) electrons. The molecule has 0 unspecified atom stereocenters. The lowest BCUT2D eigenvalue weighted by atomic mass is 10.3. The molecule has 0 bridgehead atoms. The Morgan fingerprint density at radius 2 is 2.27 bits per heavy atom. The standard InChI is InChI=1S/C7H13F2NO/c1-2-10-3-4-11-6-7(8,9)5-10/h2-6H2,1H3. The predicted octanol–water partition coefficient (Wildman–Crippen LogP) is 0.974. The van der Waals surface area contributed by atoms with Crippen molar-refractivity contribution in [3.05, 3.63) is 0 Å². The van der Waals surface area contributed by atoms with Crippen LogP contribution in [0.3, 0.4) is 0 Å². The summed E-state index contributed by atoms with van der Waals surface area (Å²) in [6.07, 6.45) is 0. The van der Waals surface area contributed by atoms with Crippen molar-refractivity contribution in [1.82, 2.24) is 4.90 Å². The topological polar surface area (TPSA) is 12.5 Å². The Morgan fingerprint density at radius 3 is 2.91 bits per heavy atom. The second-order valence-corrected chi connectivity index (χ2v) is 2.78. The van der Waals surface area contributed by atoms with E-state index in [9.17, 15) is 8.78 Å². The molecule has 0 atom stereocenters. The lowest BCUT2D eigenvalue weighted by Crippen LogP contribution is -2.37. The number of nitrogens with zero attached hydrogens (tertiary/aromatic N) is 1. The molecule has 0 aromatic rings. The summed E-state index contributed by atoms with van der Waals surface area (Å²) in [5, 5.41) is 0. The molecule has 0 N–H and O–H groups in total. The summed E-state index contributed by atoms with van der Waals surface area (Å²) in [4.78, 5) is 1.70. The second kappa shape index (κ2) is 3.45. The minimum atomic E-state index is -2.66. The summed E-state index contributed by atoms with van der Waals surface area (Å²) in [5.74, 6) is -2.66. The maximum Gasteiger partial charge on any atom is 0.283 e. The number of ether oxygens (including phenoxy) is 1. The average Bonchev–Trinajstić information content (AvgIpc) is 2.10. The lowest BCUT2D eigenvalue weighted by molar-refractivity contribution is -0.0679. The van der Waals surface area contributed by atoms with E-state index in [4.69, 9.17) is 4.74 Å². The Kier molecular flexibility index (Phi) is 2.78. The first-order valence-corrected chi connectivity index (χ1v) is 3.82. The smallest absolute Gasteiger partial charge is 0.283 e. The van der Waals surface area contributed by atoms with Gasteiger partial charge < -0.3 is 4.74 Å². The molecule has 4 heteroatoms. The average molecular weight is 165 g/mol. The highest BCUT2D eigenvalue weighted by atomic mass is 19.3. The number of likely N-dealkylation sites (N-methyl/N-ethyl adjacent to an activating group) is 1. The fraction of sp³-hybridized carbons (Fsp3) is 1.00. The Bertz CT molecular complexity index is 130. The van der Waals surface area contributed by atoms with E-state index in [0.29, 0.717) is 19.7 Å². The minimum Gasteiger partial charge on any atom is -0.374 e. The zero-order valence-corrected chi connectivity index (χ0v) is 6.65. The highest BCUT2D eigenvalue weighted by Gasteiger charge is 2.33. The van der Waals surface area contributed by atoms with E-state index in [1.807, 2.05) is 6.92 Å². The molecule has 2 nitrogen and oxygen atoms in total. The van der Waals surface area contributed by atoms with Crippen LogP contribution in [0.5, 0.6) is 0 Å². The molecule has 0 amide bonds. The zero-order chi connectivity index (χ0) is 8.32. The fourth-order valence-corrected chi connectivity index (χ4v) is 1.14. The zero-order valence-electron chi connectivity index (χ0n) is 6.65. The Balaban J connectivity index is 2.47. The van der Waals surface area contributed by atoms with Gasteiger partial charge in [-0.2, -0.15) is 0 Å². The van der Waals surface area contributed by atoms with Gasteiger partial charge in [0.1, 0.15) is 6.61 Å². The van der Waals surface area contributed by atoms with Gasteiger partial charge in [0, 0.05) is 6.54 Å². The van der Waals surface area contributed by atoms with Gasteiger partial charge in [0.2, 0.25) is 0 Å². The van der Waals surface area contributed by atoms with Crippen LogP contribution in [0, 0.1) is 0 Å². The van der Waals surface area contributed by atoms with Crippen molar-refractivity contribution >= 4 is 0 Å². The number of rotatable bonds is 1. The third-order valence-electron chi connectivity index (χ3n) is 1.77. The van der Waals surface area contributed by atoms with E-state index in [1.54, 1.807) is 4.90 Å². The normalized spacial score (nSPS) is 26.5. The largest absolute Gasteiger partial charge is 0.374 e. The Hall–Kier alpha value is -0.220. The Labute approximate surface area is 65.1 Å². The summed E-state index contributed by atoms with van der Waals surface area (Å²) in [5.41, 5.74) is 0. The van der Waals surface area contributed by atoms with Crippen LogP contribution in [0.25, 0.3) is 0 Å². The highest BCUT2D eigenvalue weighted by Crippen LogP contribution is 2.17. The van der Waals surface area contributed by atoms with E-state index in [0.717, 1.165) is 0 Å². The summed E-state index contributed by atoms with van der Waals surface area (Å²) < 4.78 is 30.2. The number of alkyl halides is 2. The van der Waals surface area contributed by atoms with E-state index in [2.05, 4.69) is 0 Å². The van der Waals surface area contributed by atoms with Crippen LogP contribution in [-0.2, 0) is 4.74 Å². The van der Waals surface area contributed by atoms with E-state index in [-0.39, 0.29) is 6.54 Å². The van der Waals surface area contributed by atoms with Crippen LogP contribution in [-0.4, -0.2) is 43.7 Å². The third kappa shape index (κ3) is 2.71. The first-order valence-electron chi connectivity index (χ1n) is 3.82. The molecule has 1 saturated heterocycles. The number of hydrogen-bond acceptors (Lipinski definition) is 2. The van der Waals surface area contributed by atoms with Gasteiger partial charge in [-0.3, -0.25) is 4.90 Å². The van der Waals surface area contributed by atoms with Crippen molar-refractivity contribution < 1.29 is 13.5 Å². The van der Waals surface area contributed by atoms with Gasteiger partial charge in [-0.25, -0.2) is 8.78 Å². The third-order valence-corrected chi connectivity index (χ3v) is 1.77. The van der Waals surface area contributed by atoms with Crippen LogP contribution in [0.2, 0.25) is 0 Å². The fourth-order valence-electron chi connectivity index (χ4n) is 1.14. The molecule has 1 heterocycles. The molecule has 0 aromatic carbocycles. The van der Waals surface area contributed by atoms with Crippen LogP contribution < -0.4 is 0 Å². The Morgan fingerprint density at radius 1 is 1.55 bits per heavy atom. The molecule has 0 aliphatic carbocycles. The molecule has 1 aliphatic rings. The summed E-state index contributed by atoms with van der Waals surface area (Å²) in [6.45, 7) is 2.99. The van der Waals surface area contributed by atoms with E-state index < -0.39 is 12.5 Å². The lowest BCUT2D eigenvalue weighted by Gasteiger charge is -2.20. The van der Waals surface area contributed by atoms with Crippen LogP contribution in [0.1, 0.15) is 6.92 Å². The van der Waals surface area contributed by atoms with Crippen LogP contribution in [0.15, 0.2) is 0 Å². The predicted molar refractivity (Wildman–Crippen MR) is 37.9 cm³/mol. The molecule has 11 heavy (non-hydrogen) atoms. The second-order valence-electron chi connectivity index (χ2n) is 2.78. The van der Waals surface area contributed by atoms with Gasteiger partial charge in [-0.05, 0) is 6.54 Å². The minimum absolute atomic E-state index is 0.163. The van der Waals surface area contributed by atoms with Gasteiger partial charge in [0.15, 0.2) is 0 Å². The SMILES string of the molecule is CCN1CCOCC(F)(F)C1. The molecular weight excluding hydrogens is 152 g/mol. The molecule has 0 spiro atoms. The van der Waals surface area contributed by atoms with Gasteiger partial charge in [0.25, 0.3) is 5.92 Å². The molecule has 66 valence electrons. The number of halogens is 2. The summed E-state index contributed by atoms with van der Waals surface area (Å²) in [7, 11) is 0. The van der Waals surface area contributed by atoms with Crippen LogP contribution in [0.4, 0.5) is 8.78 Å². The first-order chi connectivity index (χ1) is 5.14. The molecular formula is C7H13F2NO. The van der Waals surface area contributed by atoms with Gasteiger partial charge in [-0.1, -0.05) is 6.92 Å². The van der Waals surface area contributed by atoms with Crippen molar-refractivity contribution in [2.75, 3.05) is 32.8 Å². The van der Waals surface area contributed by atoms with Crippen LogP contribution >= 0.6 is 0 Å². The van der Waals surface area contributed by atoms with E-state index in [1.165, 1.54) is 0 Å². The van der Waals surface area contributed by atoms with Gasteiger partial charge in [-0.15, -0.1) is 0 Å². The monoisotopic (exact) mass is 165 g/mol. The molecule has 1 aliphatic heterocycles. The summed E-state index contributed by atoms with van der Waals surface area (Å²) >= 11 is 0. The molecule has 0 aromatic heterocycles. The molecule has 1 fully saturated rings. The maximum atomic E-state index is 12.7. The maximum absolute atomic E-state index is 12.7. The van der Waals surface area contributed by atoms with Crippen molar-refractivity contribution in [1.29, 1.82) is 0 Å².